The largest absolute Gasteiger partial charge is 1.00 e. The molecule has 0 saturated heterocycles. The van der Waals surface area contributed by atoms with Gasteiger partial charge in [-0.25, -0.2) is 0 Å². The van der Waals surface area contributed by atoms with Gasteiger partial charge in [0.15, 0.2) is 0 Å². The van der Waals surface area contributed by atoms with Gasteiger partial charge in [0.1, 0.15) is 13.1 Å². The van der Waals surface area contributed by atoms with Gasteiger partial charge in [-0.05, 0) is 20.8 Å². The Morgan fingerprint density at radius 3 is 1.22 bits per heavy atom. The van der Waals surface area contributed by atoms with Crippen LogP contribution in [-0.4, -0.2) is 49.7 Å². The molecule has 0 atom stereocenters. The van der Waals surface area contributed by atoms with Crippen LogP contribution in [0.25, 0.3) is 0 Å². The summed E-state index contributed by atoms with van der Waals surface area (Å²) in [5.41, 5.74) is 2.86. The highest BCUT2D eigenvalue weighted by Crippen LogP contribution is 2.13. The second-order valence-corrected chi connectivity index (χ2v) is 7.87. The zero-order valence-corrected chi connectivity index (χ0v) is 20.3. The van der Waals surface area contributed by atoms with Gasteiger partial charge < -0.3 is 38.4 Å². The van der Waals surface area contributed by atoms with Crippen molar-refractivity contribution in [3.05, 3.63) is 71.8 Å². The van der Waals surface area contributed by atoms with Crippen LogP contribution in [0, 0.1) is 0 Å². The Hall–Kier alpha value is -0.870. The zero-order valence-electron chi connectivity index (χ0n) is 18.0. The van der Waals surface area contributed by atoms with Crippen LogP contribution in [0.2, 0.25) is 0 Å². The normalized spacial score (nSPS) is 10.7. The highest BCUT2D eigenvalue weighted by molar-refractivity contribution is 5.14. The summed E-state index contributed by atoms with van der Waals surface area (Å²) in [5.74, 6) is 0. The Kier molecular flexibility index (Phi) is 14.9. The SMILES string of the molecule is CC[N+](CC)(CC)Cc1ccccc1.C[N+](C)(C)Cc1ccccc1.[Br-].[Cl-]. The molecule has 0 heterocycles. The van der Waals surface area contributed by atoms with Crippen LogP contribution >= 0.6 is 0 Å². The van der Waals surface area contributed by atoms with E-state index in [0.717, 1.165) is 11.0 Å². The Balaban J connectivity index is 0. The van der Waals surface area contributed by atoms with E-state index in [1.165, 1.54) is 41.8 Å². The highest BCUT2D eigenvalue weighted by Gasteiger charge is 2.20. The molecule has 0 unspecified atom stereocenters. The van der Waals surface area contributed by atoms with E-state index < -0.39 is 0 Å². The van der Waals surface area contributed by atoms with Crippen molar-refractivity contribution in [2.75, 3.05) is 40.8 Å². The topological polar surface area (TPSA) is 0 Å². The van der Waals surface area contributed by atoms with E-state index in [9.17, 15) is 0 Å². The summed E-state index contributed by atoms with van der Waals surface area (Å²) in [6.45, 7) is 12.8. The molecule has 0 amide bonds. The van der Waals surface area contributed by atoms with Crippen LogP contribution in [0.5, 0.6) is 0 Å². The first-order valence-electron chi connectivity index (χ1n) is 9.57. The molecule has 2 aromatic carbocycles. The predicted octanol–water partition coefficient (Wildman–Crippen LogP) is -1.04. The summed E-state index contributed by atoms with van der Waals surface area (Å²) in [6, 6.07) is 21.4. The molecular weight excluding hydrogens is 420 g/mol. The monoisotopic (exact) mass is 456 g/mol. The summed E-state index contributed by atoms with van der Waals surface area (Å²) in [7, 11) is 6.60. The van der Waals surface area contributed by atoms with Crippen molar-refractivity contribution in [3.8, 4) is 0 Å². The van der Waals surface area contributed by atoms with Gasteiger partial charge in [-0.3, -0.25) is 0 Å². The molecule has 0 saturated carbocycles. The van der Waals surface area contributed by atoms with Crippen molar-refractivity contribution in [2.45, 2.75) is 33.9 Å². The second kappa shape index (κ2) is 14.2. The van der Waals surface area contributed by atoms with Crippen LogP contribution in [0.3, 0.4) is 0 Å². The lowest BCUT2D eigenvalue weighted by atomic mass is 10.2. The van der Waals surface area contributed by atoms with Crippen molar-refractivity contribution in [2.24, 2.45) is 0 Å². The number of hydrogen-bond acceptors (Lipinski definition) is 0. The van der Waals surface area contributed by atoms with Gasteiger partial charge in [-0.15, -0.1) is 0 Å². The molecule has 0 aromatic heterocycles. The highest BCUT2D eigenvalue weighted by atomic mass is 79.9. The number of halogens is 2. The third-order valence-corrected chi connectivity index (χ3v) is 4.87. The van der Waals surface area contributed by atoms with Crippen LogP contribution in [-0.2, 0) is 13.1 Å². The lowest BCUT2D eigenvalue weighted by Crippen LogP contribution is -3.00. The van der Waals surface area contributed by atoms with E-state index in [1.54, 1.807) is 0 Å². The number of nitrogens with zero attached hydrogens (tertiary/aromatic N) is 2. The molecular formula is C23H38BrClN2. The van der Waals surface area contributed by atoms with Crippen molar-refractivity contribution < 1.29 is 38.4 Å². The van der Waals surface area contributed by atoms with E-state index in [0.29, 0.717) is 0 Å². The lowest BCUT2D eigenvalue weighted by Gasteiger charge is -2.35. The molecule has 27 heavy (non-hydrogen) atoms. The van der Waals surface area contributed by atoms with E-state index in [1.807, 2.05) is 0 Å². The average Bonchev–Trinajstić information content (AvgIpc) is 2.61. The number of rotatable bonds is 7. The molecule has 0 aliphatic heterocycles. The van der Waals surface area contributed by atoms with Crippen molar-refractivity contribution in [1.82, 2.24) is 0 Å². The Labute approximate surface area is 184 Å². The number of benzene rings is 2. The van der Waals surface area contributed by atoms with Gasteiger partial charge in [0.05, 0.1) is 40.8 Å². The van der Waals surface area contributed by atoms with Crippen LogP contribution in [0.4, 0.5) is 0 Å². The first kappa shape index (κ1) is 28.3. The van der Waals surface area contributed by atoms with Gasteiger partial charge in [0.2, 0.25) is 0 Å². The quantitative estimate of drug-likeness (QED) is 0.466. The van der Waals surface area contributed by atoms with Gasteiger partial charge in [0.25, 0.3) is 0 Å². The first-order valence-corrected chi connectivity index (χ1v) is 9.57. The fourth-order valence-electron chi connectivity index (χ4n) is 3.11. The summed E-state index contributed by atoms with van der Waals surface area (Å²) >= 11 is 0. The van der Waals surface area contributed by atoms with E-state index in [2.05, 4.69) is 103 Å². The molecule has 154 valence electrons. The molecule has 2 rings (SSSR count). The van der Waals surface area contributed by atoms with Gasteiger partial charge >= 0.3 is 0 Å². The van der Waals surface area contributed by atoms with Crippen LogP contribution in [0.1, 0.15) is 31.9 Å². The van der Waals surface area contributed by atoms with Crippen molar-refractivity contribution in [1.29, 1.82) is 0 Å². The third kappa shape index (κ3) is 11.5. The zero-order chi connectivity index (χ0) is 18.8. The number of hydrogen-bond donors (Lipinski definition) is 0. The van der Waals surface area contributed by atoms with Gasteiger partial charge in [-0.2, -0.15) is 0 Å². The minimum atomic E-state index is 0. The Bertz CT molecular complexity index is 570. The van der Waals surface area contributed by atoms with Crippen LogP contribution < -0.4 is 29.4 Å². The minimum absolute atomic E-state index is 0. The fraction of sp³-hybridized carbons (Fsp3) is 0.478. The molecule has 0 bridgehead atoms. The summed E-state index contributed by atoms with van der Waals surface area (Å²) in [5, 5.41) is 0. The molecule has 2 aromatic rings. The number of quaternary nitrogens is 2. The predicted molar refractivity (Wildman–Crippen MR) is 110 cm³/mol. The third-order valence-electron chi connectivity index (χ3n) is 4.87. The molecule has 0 aliphatic carbocycles. The maximum absolute atomic E-state index is 2.29. The van der Waals surface area contributed by atoms with Gasteiger partial charge in [0, 0.05) is 11.1 Å². The van der Waals surface area contributed by atoms with Gasteiger partial charge in [-0.1, -0.05) is 60.7 Å². The maximum atomic E-state index is 2.29. The Morgan fingerprint density at radius 1 is 0.593 bits per heavy atom. The molecule has 0 fully saturated rings. The first-order chi connectivity index (χ1) is 11.8. The molecule has 0 radical (unpaired) electrons. The molecule has 0 N–H and O–H groups in total. The fourth-order valence-corrected chi connectivity index (χ4v) is 3.11. The summed E-state index contributed by atoms with van der Waals surface area (Å²) < 4.78 is 2.19. The Morgan fingerprint density at radius 2 is 0.926 bits per heavy atom. The van der Waals surface area contributed by atoms with E-state index in [-0.39, 0.29) is 29.4 Å². The molecule has 2 nitrogen and oxygen atoms in total. The summed E-state index contributed by atoms with van der Waals surface area (Å²) in [6.07, 6.45) is 0. The van der Waals surface area contributed by atoms with E-state index >= 15 is 0 Å². The standard InChI is InChI=1S/C13H22N.C10H16N.BrH.ClH/c1-4-14(5-2,6-3)12-13-10-8-7-9-11-13;1-11(2,3)9-10-7-5-4-6-8-10;;/h7-11H,4-6,12H2,1-3H3;4-8H,9H2,1-3H3;2*1H/q2*+1;;/p-2. The van der Waals surface area contributed by atoms with Crippen LogP contribution in [0.15, 0.2) is 60.7 Å². The summed E-state index contributed by atoms with van der Waals surface area (Å²) in [4.78, 5) is 0. The van der Waals surface area contributed by atoms with Crippen molar-refractivity contribution >= 4 is 0 Å². The van der Waals surface area contributed by atoms with E-state index in [4.69, 9.17) is 0 Å². The maximum Gasteiger partial charge on any atom is 0.104 e. The second-order valence-electron chi connectivity index (χ2n) is 7.87. The lowest BCUT2D eigenvalue weighted by molar-refractivity contribution is -0.936. The molecule has 0 spiro atoms. The average molecular weight is 458 g/mol. The molecule has 0 aliphatic rings. The minimum Gasteiger partial charge on any atom is -1.00 e. The smallest absolute Gasteiger partial charge is 0.104 e. The molecule has 4 heteroatoms. The van der Waals surface area contributed by atoms with Crippen molar-refractivity contribution in [3.63, 3.8) is 0 Å².